The lowest BCUT2D eigenvalue weighted by Gasteiger charge is -2.38. The largest absolute Gasteiger partial charge is 0.486 e. The number of halogens is 3. The molecule has 3 aromatic carbocycles. The van der Waals surface area contributed by atoms with Gasteiger partial charge < -0.3 is 19.9 Å². The van der Waals surface area contributed by atoms with E-state index in [1.165, 1.54) is 36.4 Å². The molecule has 5 rings (SSSR count). The number of ether oxygens (including phenoxy) is 2. The van der Waals surface area contributed by atoms with E-state index < -0.39 is 51.6 Å². The van der Waals surface area contributed by atoms with Crippen molar-refractivity contribution in [2.45, 2.75) is 37.4 Å². The Labute approximate surface area is 233 Å². The van der Waals surface area contributed by atoms with Gasteiger partial charge in [0.2, 0.25) is 5.91 Å². The van der Waals surface area contributed by atoms with Crippen LogP contribution in [0.2, 0.25) is 0 Å². The zero-order chi connectivity index (χ0) is 29.5. The lowest BCUT2D eigenvalue weighted by molar-refractivity contribution is -0.155. The molecule has 0 aromatic heterocycles. The maximum Gasteiger partial charge on any atom is 0.387 e. The molecule has 0 aliphatic carbocycles. The summed E-state index contributed by atoms with van der Waals surface area (Å²) in [4.78, 5) is 24.7. The minimum absolute atomic E-state index is 0.0139. The van der Waals surface area contributed by atoms with Crippen LogP contribution in [0.15, 0.2) is 65.6 Å². The van der Waals surface area contributed by atoms with Gasteiger partial charge >= 0.3 is 12.6 Å². The number of nitrogens with zero attached hydrogens (tertiary/aromatic N) is 1. The van der Waals surface area contributed by atoms with Gasteiger partial charge in [0.1, 0.15) is 23.4 Å². The second-order valence-electron chi connectivity index (χ2n) is 9.93. The lowest BCUT2D eigenvalue weighted by Crippen LogP contribution is -2.49. The first-order valence-corrected chi connectivity index (χ1v) is 14.0. The number of aliphatic carboxylic acids is 1. The van der Waals surface area contributed by atoms with Crippen molar-refractivity contribution in [3.63, 3.8) is 0 Å². The summed E-state index contributed by atoms with van der Waals surface area (Å²) in [5.41, 5.74) is -0.606. The molecule has 0 bridgehead atoms. The molecule has 41 heavy (non-hydrogen) atoms. The first-order valence-electron chi connectivity index (χ1n) is 12.6. The van der Waals surface area contributed by atoms with Crippen molar-refractivity contribution in [3.8, 4) is 22.6 Å². The van der Waals surface area contributed by atoms with Crippen LogP contribution >= 0.6 is 0 Å². The minimum Gasteiger partial charge on any atom is -0.486 e. The van der Waals surface area contributed by atoms with E-state index in [1.807, 2.05) is 0 Å². The number of hydrogen-bond donors (Lipinski definition) is 2. The number of hydrogen-bond acceptors (Lipinski definition) is 6. The molecule has 2 N–H and O–H groups in total. The quantitative estimate of drug-likeness (QED) is 0.375. The van der Waals surface area contributed by atoms with E-state index in [1.54, 1.807) is 19.1 Å². The number of amides is 1. The summed E-state index contributed by atoms with van der Waals surface area (Å²) in [5.74, 6) is -3.18. The van der Waals surface area contributed by atoms with E-state index in [0.717, 1.165) is 16.4 Å². The van der Waals surface area contributed by atoms with Crippen molar-refractivity contribution in [2.75, 3.05) is 17.4 Å². The summed E-state index contributed by atoms with van der Waals surface area (Å²) >= 11 is 0. The van der Waals surface area contributed by atoms with Crippen molar-refractivity contribution < 1.29 is 45.8 Å². The van der Waals surface area contributed by atoms with Crippen molar-refractivity contribution in [1.82, 2.24) is 5.32 Å². The smallest absolute Gasteiger partial charge is 0.387 e. The first kappa shape index (κ1) is 28.3. The highest BCUT2D eigenvalue weighted by molar-refractivity contribution is 7.92. The summed E-state index contributed by atoms with van der Waals surface area (Å²) in [6.45, 7) is -1.61. The van der Waals surface area contributed by atoms with Crippen molar-refractivity contribution >= 4 is 27.6 Å². The fourth-order valence-corrected chi connectivity index (χ4v) is 6.78. The highest BCUT2D eigenvalue weighted by atomic mass is 32.2. The minimum atomic E-state index is -4.24. The average molecular weight is 591 g/mol. The molecule has 0 spiro atoms. The number of aryl methyl sites for hydroxylation is 1. The Hall–Kier alpha value is -4.26. The zero-order valence-corrected chi connectivity index (χ0v) is 22.5. The molecule has 2 atom stereocenters. The van der Waals surface area contributed by atoms with Gasteiger partial charge in [0, 0.05) is 19.0 Å². The molecule has 2 aliphatic heterocycles. The van der Waals surface area contributed by atoms with E-state index in [4.69, 9.17) is 4.74 Å². The number of anilines is 1. The Morgan fingerprint density at radius 1 is 1.17 bits per heavy atom. The van der Waals surface area contributed by atoms with Gasteiger partial charge in [0.05, 0.1) is 17.1 Å². The Morgan fingerprint density at radius 2 is 1.95 bits per heavy atom. The molecule has 1 fully saturated rings. The third-order valence-corrected chi connectivity index (χ3v) is 8.93. The maximum atomic E-state index is 14.3. The number of carbonyl (C=O) groups excluding carboxylic acids is 1. The van der Waals surface area contributed by atoms with Crippen molar-refractivity contribution in [3.05, 3.63) is 72.0 Å². The number of sulfonamides is 1. The summed E-state index contributed by atoms with van der Waals surface area (Å²) in [7, 11) is -4.24. The number of carbonyl (C=O) groups is 2. The summed E-state index contributed by atoms with van der Waals surface area (Å²) < 4.78 is 79.2. The molecule has 0 saturated carbocycles. The Morgan fingerprint density at radius 3 is 2.61 bits per heavy atom. The molecule has 1 saturated heterocycles. The van der Waals surface area contributed by atoms with Crippen LogP contribution < -0.4 is 19.1 Å². The number of rotatable bonds is 8. The molecule has 9 nitrogen and oxygen atoms in total. The molecular formula is C28H25F3N2O7S. The topological polar surface area (TPSA) is 122 Å². The van der Waals surface area contributed by atoms with E-state index in [9.17, 15) is 36.3 Å². The van der Waals surface area contributed by atoms with Gasteiger partial charge in [-0.25, -0.2) is 12.8 Å². The SMILES string of the molecule is Cc1cccc(S(=O)(=O)N2C[C@H](C[C@]3(C(=O)O)CCNC3=O)Oc3ccc(-c4cc(F)cc(OC(F)F)c4)cc32)c1. The van der Waals surface area contributed by atoms with Crippen molar-refractivity contribution in [1.29, 1.82) is 0 Å². The van der Waals surface area contributed by atoms with Gasteiger partial charge in [-0.2, -0.15) is 8.78 Å². The van der Waals surface area contributed by atoms with Crippen molar-refractivity contribution in [2.24, 2.45) is 5.41 Å². The van der Waals surface area contributed by atoms with Crippen LogP contribution in [0.1, 0.15) is 18.4 Å². The van der Waals surface area contributed by atoms with E-state index in [2.05, 4.69) is 10.1 Å². The predicted octanol–water partition coefficient (Wildman–Crippen LogP) is 4.34. The van der Waals surface area contributed by atoms with E-state index in [0.29, 0.717) is 5.56 Å². The zero-order valence-electron chi connectivity index (χ0n) is 21.6. The summed E-state index contributed by atoms with van der Waals surface area (Å²) in [5, 5.41) is 12.4. The van der Waals surface area contributed by atoms with Gasteiger partial charge in [-0.1, -0.05) is 18.2 Å². The number of fused-ring (bicyclic) bond motifs is 1. The Bertz CT molecular complexity index is 1630. The number of carboxylic acids is 1. The second kappa shape index (κ2) is 10.6. The highest BCUT2D eigenvalue weighted by Gasteiger charge is 2.52. The third-order valence-electron chi connectivity index (χ3n) is 7.16. The first-order chi connectivity index (χ1) is 19.4. The number of carboxylic acid groups (broad SMARTS) is 1. The van der Waals surface area contributed by atoms with Gasteiger partial charge in [0.25, 0.3) is 10.0 Å². The predicted molar refractivity (Wildman–Crippen MR) is 141 cm³/mol. The van der Waals surface area contributed by atoms with Crippen LogP contribution in [0.25, 0.3) is 11.1 Å². The molecule has 13 heteroatoms. The molecule has 0 radical (unpaired) electrons. The number of alkyl halides is 2. The average Bonchev–Trinajstić information content (AvgIpc) is 3.28. The monoisotopic (exact) mass is 590 g/mol. The van der Waals surface area contributed by atoms with Gasteiger partial charge in [-0.05, 0) is 66.4 Å². The molecule has 216 valence electrons. The van der Waals surface area contributed by atoms with Crippen LogP contribution in [0.5, 0.6) is 11.5 Å². The maximum absolute atomic E-state index is 14.3. The van der Waals surface area contributed by atoms with Crippen LogP contribution in [-0.4, -0.2) is 51.2 Å². The standard InChI is InChI=1S/C28H25F3N2O7S/c1-16-3-2-4-22(9-16)41(37,38)33-15-21(14-28(26(35)36)7-8-32-25(28)34)39-24-6-5-17(12-23(24)33)18-10-19(29)13-20(11-18)40-27(30)31/h2-6,9-13,21,27H,7-8,14-15H2,1H3,(H,32,34)(H,35,36)/t21-,28+/m0/s1. The third kappa shape index (κ3) is 5.41. The number of nitrogens with one attached hydrogen (secondary N) is 1. The van der Waals surface area contributed by atoms with Gasteiger partial charge in [0.15, 0.2) is 5.41 Å². The molecular weight excluding hydrogens is 565 g/mol. The van der Waals surface area contributed by atoms with Crippen LogP contribution in [-0.2, 0) is 19.6 Å². The number of benzene rings is 3. The molecule has 1 amide bonds. The van der Waals surface area contributed by atoms with Crippen LogP contribution in [0.4, 0.5) is 18.9 Å². The fourth-order valence-electron chi connectivity index (χ4n) is 5.18. The summed E-state index contributed by atoms with van der Waals surface area (Å²) in [6, 6.07) is 13.6. The Balaban J connectivity index is 1.60. The fraction of sp³-hybridized carbons (Fsp3) is 0.286. The normalized spacial score (nSPS) is 20.4. The van der Waals surface area contributed by atoms with Crippen LogP contribution in [0.3, 0.4) is 0 Å². The molecule has 3 aromatic rings. The highest BCUT2D eigenvalue weighted by Crippen LogP contribution is 2.43. The van der Waals surface area contributed by atoms with E-state index in [-0.39, 0.29) is 53.4 Å². The summed E-state index contributed by atoms with van der Waals surface area (Å²) in [6.07, 6.45) is -1.28. The Kier molecular flexibility index (Phi) is 7.32. The van der Waals surface area contributed by atoms with Gasteiger partial charge in [-0.3, -0.25) is 13.9 Å². The van der Waals surface area contributed by atoms with Gasteiger partial charge in [-0.15, -0.1) is 0 Å². The molecule has 2 aliphatic rings. The second-order valence-corrected chi connectivity index (χ2v) is 11.8. The van der Waals surface area contributed by atoms with Crippen LogP contribution in [0, 0.1) is 18.2 Å². The molecule has 2 heterocycles. The lowest BCUT2D eigenvalue weighted by atomic mass is 9.80. The molecule has 0 unspecified atom stereocenters. The van der Waals surface area contributed by atoms with E-state index >= 15 is 0 Å².